The van der Waals surface area contributed by atoms with Crippen molar-refractivity contribution in [2.45, 2.75) is 57.2 Å². The fourth-order valence-corrected chi connectivity index (χ4v) is 3.99. The highest BCUT2D eigenvalue weighted by atomic mass is 16.5. The van der Waals surface area contributed by atoms with Gasteiger partial charge in [-0.25, -0.2) is 0 Å². The smallest absolute Gasteiger partial charge is 0.0589 e. The average molecular weight is 269 g/mol. The zero-order valence-corrected chi connectivity index (χ0v) is 12.9. The third-order valence-corrected chi connectivity index (χ3v) is 5.33. The SMILES string of the molecule is CCN1CCN(C2(CN)CCCC(OC)C2)CC1C. The molecule has 112 valence electrons. The average Bonchev–Trinajstić information content (AvgIpc) is 2.47. The van der Waals surface area contributed by atoms with Gasteiger partial charge in [0.2, 0.25) is 0 Å². The Balaban J connectivity index is 2.05. The molecule has 3 atom stereocenters. The number of nitrogens with two attached hydrogens (primary N) is 1. The number of piperazine rings is 1. The molecule has 2 aliphatic rings. The van der Waals surface area contributed by atoms with Crippen molar-refractivity contribution in [2.75, 3.05) is 39.8 Å². The summed E-state index contributed by atoms with van der Waals surface area (Å²) in [6, 6.07) is 0.644. The number of hydrogen-bond donors (Lipinski definition) is 1. The summed E-state index contributed by atoms with van der Waals surface area (Å²) in [5.74, 6) is 0. The minimum Gasteiger partial charge on any atom is -0.381 e. The van der Waals surface area contributed by atoms with Crippen LogP contribution in [-0.2, 0) is 4.74 Å². The summed E-state index contributed by atoms with van der Waals surface area (Å²) in [5.41, 5.74) is 6.38. The highest BCUT2D eigenvalue weighted by Gasteiger charge is 2.42. The van der Waals surface area contributed by atoms with E-state index in [1.54, 1.807) is 0 Å². The molecule has 2 rings (SSSR count). The maximum absolute atomic E-state index is 6.19. The zero-order chi connectivity index (χ0) is 13.9. The monoisotopic (exact) mass is 269 g/mol. The van der Waals surface area contributed by atoms with Gasteiger partial charge in [-0.2, -0.15) is 0 Å². The van der Waals surface area contributed by atoms with Crippen LogP contribution >= 0.6 is 0 Å². The van der Waals surface area contributed by atoms with Gasteiger partial charge in [-0.15, -0.1) is 0 Å². The Hall–Kier alpha value is -0.160. The zero-order valence-electron chi connectivity index (χ0n) is 12.9. The second-order valence-corrected chi connectivity index (χ2v) is 6.31. The maximum atomic E-state index is 6.19. The van der Waals surface area contributed by atoms with E-state index in [4.69, 9.17) is 10.5 Å². The molecule has 4 nitrogen and oxygen atoms in total. The second-order valence-electron chi connectivity index (χ2n) is 6.31. The number of hydrogen-bond acceptors (Lipinski definition) is 4. The van der Waals surface area contributed by atoms with Crippen molar-refractivity contribution in [3.63, 3.8) is 0 Å². The Morgan fingerprint density at radius 3 is 2.74 bits per heavy atom. The number of methoxy groups -OCH3 is 1. The predicted octanol–water partition coefficient (Wildman–Crippen LogP) is 1.30. The fourth-order valence-electron chi connectivity index (χ4n) is 3.99. The number of rotatable bonds is 4. The van der Waals surface area contributed by atoms with E-state index in [0.717, 1.165) is 32.6 Å². The molecule has 1 saturated carbocycles. The first-order valence-electron chi connectivity index (χ1n) is 7.87. The van der Waals surface area contributed by atoms with Gasteiger partial charge in [-0.05, 0) is 39.2 Å². The molecular formula is C15H31N3O. The Morgan fingerprint density at radius 2 is 2.16 bits per heavy atom. The molecule has 1 aliphatic carbocycles. The van der Waals surface area contributed by atoms with Crippen molar-refractivity contribution < 1.29 is 4.74 Å². The van der Waals surface area contributed by atoms with Crippen molar-refractivity contribution in [3.05, 3.63) is 0 Å². The highest BCUT2D eigenvalue weighted by Crippen LogP contribution is 2.35. The lowest BCUT2D eigenvalue weighted by Gasteiger charge is -2.52. The standard InChI is InChI=1S/C15H31N3O/c1-4-17-8-9-18(11-13(17)2)15(12-16)7-5-6-14(10-15)19-3/h13-14H,4-12,16H2,1-3H3. The van der Waals surface area contributed by atoms with Gasteiger partial charge in [0.15, 0.2) is 0 Å². The van der Waals surface area contributed by atoms with Crippen molar-refractivity contribution in [3.8, 4) is 0 Å². The number of nitrogens with zero attached hydrogens (tertiary/aromatic N) is 2. The minimum absolute atomic E-state index is 0.188. The van der Waals surface area contributed by atoms with Gasteiger partial charge in [0, 0.05) is 44.9 Å². The van der Waals surface area contributed by atoms with Crippen LogP contribution in [0.4, 0.5) is 0 Å². The Morgan fingerprint density at radius 1 is 1.37 bits per heavy atom. The van der Waals surface area contributed by atoms with Crippen LogP contribution in [0.1, 0.15) is 39.5 Å². The van der Waals surface area contributed by atoms with Crippen LogP contribution in [0.25, 0.3) is 0 Å². The van der Waals surface area contributed by atoms with E-state index in [1.165, 1.54) is 25.8 Å². The van der Waals surface area contributed by atoms with Gasteiger partial charge in [0.05, 0.1) is 6.10 Å². The van der Waals surface area contributed by atoms with Crippen LogP contribution in [0.3, 0.4) is 0 Å². The van der Waals surface area contributed by atoms with Crippen molar-refractivity contribution >= 4 is 0 Å². The van der Waals surface area contributed by atoms with Crippen LogP contribution in [0, 0.1) is 0 Å². The van der Waals surface area contributed by atoms with E-state index in [2.05, 4.69) is 23.6 Å². The molecule has 0 radical (unpaired) electrons. The van der Waals surface area contributed by atoms with Crippen molar-refractivity contribution in [2.24, 2.45) is 5.73 Å². The molecule has 4 heteroatoms. The lowest BCUT2D eigenvalue weighted by Crippen LogP contribution is -2.64. The van der Waals surface area contributed by atoms with E-state index >= 15 is 0 Å². The van der Waals surface area contributed by atoms with E-state index in [1.807, 2.05) is 7.11 Å². The molecule has 0 aromatic heterocycles. The fraction of sp³-hybridized carbons (Fsp3) is 1.00. The van der Waals surface area contributed by atoms with E-state index in [-0.39, 0.29) is 5.54 Å². The van der Waals surface area contributed by atoms with Gasteiger partial charge in [0.25, 0.3) is 0 Å². The quantitative estimate of drug-likeness (QED) is 0.835. The van der Waals surface area contributed by atoms with Gasteiger partial charge in [-0.1, -0.05) is 6.92 Å². The van der Waals surface area contributed by atoms with E-state index < -0.39 is 0 Å². The van der Waals surface area contributed by atoms with E-state index in [0.29, 0.717) is 12.1 Å². The topological polar surface area (TPSA) is 41.7 Å². The number of ether oxygens (including phenoxy) is 1. The van der Waals surface area contributed by atoms with Crippen LogP contribution < -0.4 is 5.73 Å². The summed E-state index contributed by atoms with van der Waals surface area (Å²) < 4.78 is 5.62. The van der Waals surface area contributed by atoms with Gasteiger partial charge < -0.3 is 10.5 Å². The molecule has 2 fully saturated rings. The van der Waals surface area contributed by atoms with Crippen LogP contribution in [-0.4, -0.2) is 67.3 Å². The maximum Gasteiger partial charge on any atom is 0.0589 e. The van der Waals surface area contributed by atoms with Crippen molar-refractivity contribution in [1.82, 2.24) is 9.80 Å². The summed E-state index contributed by atoms with van der Waals surface area (Å²) in [5, 5.41) is 0. The molecule has 0 spiro atoms. The summed E-state index contributed by atoms with van der Waals surface area (Å²) in [7, 11) is 1.84. The molecule has 1 saturated heterocycles. The molecule has 0 bridgehead atoms. The summed E-state index contributed by atoms with van der Waals surface area (Å²) in [6.45, 7) is 10.0. The second kappa shape index (κ2) is 6.53. The molecule has 1 aliphatic heterocycles. The molecule has 19 heavy (non-hydrogen) atoms. The molecule has 1 heterocycles. The first-order valence-corrected chi connectivity index (χ1v) is 7.87. The van der Waals surface area contributed by atoms with Crippen molar-refractivity contribution in [1.29, 1.82) is 0 Å². The van der Waals surface area contributed by atoms with E-state index in [9.17, 15) is 0 Å². The Kier molecular flexibility index (Phi) is 5.23. The largest absolute Gasteiger partial charge is 0.381 e. The van der Waals surface area contributed by atoms with Crippen LogP contribution in [0.15, 0.2) is 0 Å². The lowest BCUT2D eigenvalue weighted by molar-refractivity contribution is -0.0504. The first-order chi connectivity index (χ1) is 9.15. The molecule has 2 N–H and O–H groups in total. The minimum atomic E-state index is 0.188. The predicted molar refractivity (Wildman–Crippen MR) is 79.3 cm³/mol. The Bertz CT molecular complexity index is 287. The summed E-state index contributed by atoms with van der Waals surface area (Å²) >= 11 is 0. The summed E-state index contributed by atoms with van der Waals surface area (Å²) in [4.78, 5) is 5.23. The lowest BCUT2D eigenvalue weighted by atomic mass is 9.78. The van der Waals surface area contributed by atoms with Gasteiger partial charge >= 0.3 is 0 Å². The third-order valence-electron chi connectivity index (χ3n) is 5.33. The Labute approximate surface area is 118 Å². The molecule has 3 unspecified atom stereocenters. The molecular weight excluding hydrogens is 238 g/mol. The first kappa shape index (κ1) is 15.2. The highest BCUT2D eigenvalue weighted by molar-refractivity contribution is 4.99. The summed E-state index contributed by atoms with van der Waals surface area (Å²) in [6.07, 6.45) is 5.19. The molecule has 0 amide bonds. The van der Waals surface area contributed by atoms with Crippen LogP contribution in [0.5, 0.6) is 0 Å². The number of likely N-dealkylation sites (N-methyl/N-ethyl adjacent to an activating group) is 1. The van der Waals surface area contributed by atoms with Crippen LogP contribution in [0.2, 0.25) is 0 Å². The normalized spacial score (nSPS) is 38.5. The molecule has 0 aromatic carbocycles. The van der Waals surface area contributed by atoms with Gasteiger partial charge in [-0.3, -0.25) is 9.80 Å². The third kappa shape index (κ3) is 3.13. The molecule has 0 aromatic rings. The van der Waals surface area contributed by atoms with Gasteiger partial charge in [0.1, 0.15) is 0 Å².